The number of likely N-dealkylation sites (tertiary alicyclic amines) is 1. The highest BCUT2D eigenvalue weighted by atomic mass is 16.5. The van der Waals surface area contributed by atoms with Crippen LogP contribution in [-0.2, 0) is 49.5 Å². The van der Waals surface area contributed by atoms with Crippen LogP contribution >= 0.6 is 0 Å². The number of benzene rings is 1. The van der Waals surface area contributed by atoms with E-state index in [0.29, 0.717) is 25.8 Å². The van der Waals surface area contributed by atoms with E-state index in [2.05, 4.69) is 16.0 Å². The van der Waals surface area contributed by atoms with E-state index in [-0.39, 0.29) is 111 Å². The highest BCUT2D eigenvalue weighted by molar-refractivity contribution is 6.03. The first-order valence-corrected chi connectivity index (χ1v) is 19.3. The van der Waals surface area contributed by atoms with Crippen molar-refractivity contribution in [3.05, 3.63) is 35.9 Å². The molecule has 298 valence electrons. The predicted octanol–water partition coefficient (Wildman–Crippen LogP) is 3.99. The maximum absolute atomic E-state index is 13.2. The molecule has 2 unspecified atom stereocenters. The minimum atomic E-state index is -0.913. The summed E-state index contributed by atoms with van der Waals surface area (Å²) in [7, 11) is 0. The first-order chi connectivity index (χ1) is 25.4. The second kappa shape index (κ2) is 20.4. The molecule has 2 fully saturated rings. The zero-order valence-electron chi connectivity index (χ0n) is 32.9. The largest absolute Gasteiger partial charge is 0.350 e. The van der Waals surface area contributed by atoms with Gasteiger partial charge in [0.1, 0.15) is 12.8 Å². The molecule has 1 saturated heterocycles. The number of ether oxygens (including phenoxy) is 1. The van der Waals surface area contributed by atoms with Gasteiger partial charge in [-0.3, -0.25) is 43.3 Å². The Morgan fingerprint density at radius 1 is 0.796 bits per heavy atom. The standard InChI is InChI=1S/C41H60N4O9/c1-40(2,3)30-24-36(51)45(39(30)53)22-12-8-11-15-33(48)42-25-29(46)18-20-35(50)44-31(23-27-13-9-7-10-14-27)32(47)19-21-34(49)43-26-54-37(28-16-17-28)38(52)41(4,5)6/h7,9-10,13-14,28,30-31,37H,8,11-12,15-26H2,1-6H3,(H,42,48)(H,43,49)(H,44,50)/t30?,31-,37?/m0/s1. The Morgan fingerprint density at radius 3 is 2.06 bits per heavy atom. The normalized spacial score (nSPS) is 17.1. The lowest BCUT2D eigenvalue weighted by atomic mass is 9.80. The molecule has 0 bridgehead atoms. The predicted molar refractivity (Wildman–Crippen MR) is 201 cm³/mol. The molecule has 3 atom stereocenters. The first-order valence-electron chi connectivity index (χ1n) is 19.3. The third kappa shape index (κ3) is 14.9. The average Bonchev–Trinajstić information content (AvgIpc) is 3.90. The molecular formula is C41H60N4O9. The molecule has 0 aromatic heterocycles. The van der Waals surface area contributed by atoms with Crippen LogP contribution in [0.15, 0.2) is 30.3 Å². The van der Waals surface area contributed by atoms with Gasteiger partial charge in [-0.1, -0.05) is 78.3 Å². The Bertz CT molecular complexity index is 1510. The van der Waals surface area contributed by atoms with Gasteiger partial charge in [0, 0.05) is 50.5 Å². The second-order valence-corrected chi connectivity index (χ2v) is 16.7. The summed E-state index contributed by atoms with van der Waals surface area (Å²) in [6.07, 6.45) is 3.06. The van der Waals surface area contributed by atoms with E-state index in [1.165, 1.54) is 4.90 Å². The van der Waals surface area contributed by atoms with Gasteiger partial charge >= 0.3 is 0 Å². The molecule has 1 aliphatic carbocycles. The van der Waals surface area contributed by atoms with E-state index >= 15 is 0 Å². The summed E-state index contributed by atoms with van der Waals surface area (Å²) >= 11 is 0. The van der Waals surface area contributed by atoms with Crippen molar-refractivity contribution in [2.45, 2.75) is 131 Å². The number of unbranched alkanes of at least 4 members (excludes halogenated alkanes) is 2. The van der Waals surface area contributed by atoms with Crippen LogP contribution < -0.4 is 16.0 Å². The molecular weight excluding hydrogens is 692 g/mol. The van der Waals surface area contributed by atoms with Gasteiger partial charge in [-0.05, 0) is 49.0 Å². The van der Waals surface area contributed by atoms with Crippen LogP contribution in [-0.4, -0.2) is 83.8 Å². The Morgan fingerprint density at radius 2 is 1.44 bits per heavy atom. The molecule has 54 heavy (non-hydrogen) atoms. The van der Waals surface area contributed by atoms with Crippen molar-refractivity contribution in [1.29, 1.82) is 0 Å². The van der Waals surface area contributed by atoms with Gasteiger partial charge in [0.05, 0.1) is 18.5 Å². The first kappa shape index (κ1) is 44.1. The topological polar surface area (TPSA) is 185 Å². The van der Waals surface area contributed by atoms with Gasteiger partial charge in [0.2, 0.25) is 29.5 Å². The maximum atomic E-state index is 13.2. The van der Waals surface area contributed by atoms with Crippen LogP contribution in [0.2, 0.25) is 0 Å². The quantitative estimate of drug-likeness (QED) is 0.0845. The van der Waals surface area contributed by atoms with Gasteiger partial charge in [0.15, 0.2) is 17.3 Å². The smallest absolute Gasteiger partial charge is 0.233 e. The maximum Gasteiger partial charge on any atom is 0.233 e. The van der Waals surface area contributed by atoms with E-state index in [4.69, 9.17) is 4.74 Å². The molecule has 1 saturated carbocycles. The van der Waals surface area contributed by atoms with Crippen LogP contribution in [0.1, 0.15) is 118 Å². The average molecular weight is 753 g/mol. The highest BCUT2D eigenvalue weighted by Gasteiger charge is 2.44. The van der Waals surface area contributed by atoms with Crippen molar-refractivity contribution < 1.29 is 43.1 Å². The van der Waals surface area contributed by atoms with Crippen LogP contribution in [0.4, 0.5) is 0 Å². The fraction of sp³-hybridized carbons (Fsp3) is 0.659. The molecule has 1 heterocycles. The lowest BCUT2D eigenvalue weighted by Crippen LogP contribution is -2.43. The van der Waals surface area contributed by atoms with Crippen molar-refractivity contribution in [1.82, 2.24) is 20.9 Å². The van der Waals surface area contributed by atoms with E-state index < -0.39 is 29.4 Å². The molecule has 0 radical (unpaired) electrons. The molecule has 13 heteroatoms. The van der Waals surface area contributed by atoms with Gasteiger partial charge < -0.3 is 20.7 Å². The monoisotopic (exact) mass is 752 g/mol. The molecule has 13 nitrogen and oxygen atoms in total. The number of carbonyl (C=O) groups excluding carboxylic acids is 8. The number of hydrogen-bond acceptors (Lipinski definition) is 9. The fourth-order valence-electron chi connectivity index (χ4n) is 6.28. The summed E-state index contributed by atoms with van der Waals surface area (Å²) < 4.78 is 5.75. The van der Waals surface area contributed by atoms with Gasteiger partial charge in [-0.2, -0.15) is 0 Å². The zero-order valence-corrected chi connectivity index (χ0v) is 32.9. The number of imide groups is 1. The molecule has 1 aromatic carbocycles. The molecule has 1 aromatic rings. The molecule has 2 aliphatic rings. The molecule has 3 rings (SSSR count). The van der Waals surface area contributed by atoms with E-state index in [1.807, 2.05) is 71.9 Å². The summed E-state index contributed by atoms with van der Waals surface area (Å²) in [5.74, 6) is -2.35. The number of ketones is 3. The Kier molecular flexibility index (Phi) is 16.7. The minimum absolute atomic E-state index is 0.00817. The SMILES string of the molecule is CC(C)(C)C(=O)C(OCNC(=O)CCC(=O)[C@H](Cc1ccccc1)NC(=O)CCC(=O)CNC(=O)CCCCCN1C(=O)CC(C(C)(C)C)C1=O)C1CC1. The molecule has 1 aliphatic heterocycles. The summed E-state index contributed by atoms with van der Waals surface area (Å²) in [4.78, 5) is 102. The minimum Gasteiger partial charge on any atom is -0.350 e. The summed E-state index contributed by atoms with van der Waals surface area (Å²) in [5.41, 5.74) is -0.0274. The third-order valence-electron chi connectivity index (χ3n) is 9.87. The van der Waals surface area contributed by atoms with Crippen molar-refractivity contribution >= 4 is 46.9 Å². The number of nitrogens with one attached hydrogen (secondary N) is 3. The Hall–Kier alpha value is -4.26. The Balaban J connectivity index is 1.35. The molecule has 0 spiro atoms. The number of rotatable bonds is 23. The lowest BCUT2D eigenvalue weighted by Gasteiger charge is -2.24. The fourth-order valence-corrected chi connectivity index (χ4v) is 6.28. The zero-order chi connectivity index (χ0) is 40.1. The third-order valence-corrected chi connectivity index (χ3v) is 9.87. The van der Waals surface area contributed by atoms with Crippen LogP contribution in [0, 0.1) is 22.7 Å². The number of amides is 5. The number of hydrogen-bond donors (Lipinski definition) is 3. The van der Waals surface area contributed by atoms with Crippen molar-refractivity contribution in [2.75, 3.05) is 19.8 Å². The van der Waals surface area contributed by atoms with Gasteiger partial charge in [-0.15, -0.1) is 0 Å². The number of carbonyl (C=O) groups is 8. The van der Waals surface area contributed by atoms with Crippen LogP contribution in [0.5, 0.6) is 0 Å². The van der Waals surface area contributed by atoms with Crippen molar-refractivity contribution in [2.24, 2.45) is 22.7 Å². The number of Topliss-reactive ketones (excluding diaryl/α,β-unsaturated/α-hetero) is 3. The Labute approximate surface area is 319 Å². The van der Waals surface area contributed by atoms with Crippen molar-refractivity contribution in [3.63, 3.8) is 0 Å². The van der Waals surface area contributed by atoms with Gasteiger partial charge in [-0.25, -0.2) is 0 Å². The summed E-state index contributed by atoms with van der Waals surface area (Å²) in [5, 5.41) is 7.93. The van der Waals surface area contributed by atoms with Crippen LogP contribution in [0.3, 0.4) is 0 Å². The highest BCUT2D eigenvalue weighted by Crippen LogP contribution is 2.38. The van der Waals surface area contributed by atoms with E-state index in [0.717, 1.165) is 18.4 Å². The van der Waals surface area contributed by atoms with Crippen LogP contribution in [0.25, 0.3) is 0 Å². The lowest BCUT2D eigenvalue weighted by molar-refractivity contribution is -0.142. The molecule has 5 amide bonds. The van der Waals surface area contributed by atoms with Gasteiger partial charge in [0.25, 0.3) is 0 Å². The molecule has 3 N–H and O–H groups in total. The van der Waals surface area contributed by atoms with Crippen molar-refractivity contribution in [3.8, 4) is 0 Å². The van der Waals surface area contributed by atoms with E-state index in [1.54, 1.807) is 0 Å². The van der Waals surface area contributed by atoms with E-state index in [9.17, 15) is 38.4 Å². The summed E-state index contributed by atoms with van der Waals surface area (Å²) in [6, 6.07) is 8.22. The number of nitrogens with zero attached hydrogens (tertiary/aromatic N) is 1. The summed E-state index contributed by atoms with van der Waals surface area (Å²) in [6.45, 7) is 11.3. The second-order valence-electron chi connectivity index (χ2n) is 16.7.